The molecule has 0 saturated heterocycles. The lowest BCUT2D eigenvalue weighted by atomic mass is 9.69. The molecule has 7 nitrogen and oxygen atoms in total. The number of hydrogen-bond donors (Lipinski definition) is 2. The van der Waals surface area contributed by atoms with Crippen molar-refractivity contribution < 1.29 is 14.3 Å². The molecule has 0 fully saturated rings. The van der Waals surface area contributed by atoms with E-state index in [4.69, 9.17) is 4.74 Å². The van der Waals surface area contributed by atoms with Crippen LogP contribution >= 0.6 is 11.8 Å². The monoisotopic (exact) mass is 453 g/mol. The second-order valence-electron chi connectivity index (χ2n) is 9.30. The maximum absolute atomic E-state index is 13.3. The first-order valence-electron chi connectivity index (χ1n) is 10.6. The summed E-state index contributed by atoms with van der Waals surface area (Å²) in [7, 11) is 1.33. The minimum Gasteiger partial charge on any atom is -0.465 e. The van der Waals surface area contributed by atoms with Crippen LogP contribution in [0.3, 0.4) is 0 Å². The number of esters is 1. The number of thioether (sulfide) groups is 1. The van der Waals surface area contributed by atoms with Gasteiger partial charge in [-0.1, -0.05) is 51.6 Å². The lowest BCUT2D eigenvalue weighted by molar-refractivity contribution is -0.118. The van der Waals surface area contributed by atoms with Gasteiger partial charge in [-0.2, -0.15) is 0 Å². The average molecular weight is 454 g/mol. The quantitative estimate of drug-likeness (QED) is 0.405. The zero-order chi connectivity index (χ0) is 23.2. The van der Waals surface area contributed by atoms with Crippen molar-refractivity contribution in [2.24, 2.45) is 5.41 Å². The molecule has 2 heterocycles. The van der Waals surface area contributed by atoms with E-state index in [0.29, 0.717) is 40.5 Å². The number of ketones is 1. The van der Waals surface area contributed by atoms with Crippen molar-refractivity contribution in [2.75, 3.05) is 12.4 Å². The highest BCUT2D eigenvalue weighted by Crippen LogP contribution is 2.47. The van der Waals surface area contributed by atoms with Crippen LogP contribution in [0.5, 0.6) is 0 Å². The third-order valence-corrected chi connectivity index (χ3v) is 6.60. The Morgan fingerprint density at radius 2 is 1.88 bits per heavy atom. The van der Waals surface area contributed by atoms with E-state index < -0.39 is 11.9 Å². The number of Topliss-reactive ketones (excluding diaryl/α,β-unsaturated/α-hetero) is 1. The zero-order valence-electron chi connectivity index (χ0n) is 18.9. The number of hydrogen-bond acceptors (Lipinski definition) is 7. The Hall–Kier alpha value is -2.87. The number of carbonyl (C=O) groups is 2. The Morgan fingerprint density at radius 3 is 2.50 bits per heavy atom. The van der Waals surface area contributed by atoms with Crippen molar-refractivity contribution in [3.63, 3.8) is 0 Å². The second kappa shape index (κ2) is 8.24. The van der Waals surface area contributed by atoms with E-state index in [0.717, 1.165) is 11.3 Å². The molecule has 0 bridgehead atoms. The van der Waals surface area contributed by atoms with Crippen LogP contribution in [0.15, 0.2) is 45.5 Å². The summed E-state index contributed by atoms with van der Waals surface area (Å²) in [6.45, 7) is 8.20. The number of carbonyl (C=O) groups excluding carboxylic acids is 2. The van der Waals surface area contributed by atoms with Crippen LogP contribution in [0.1, 0.15) is 67.9 Å². The molecule has 1 aliphatic heterocycles. The van der Waals surface area contributed by atoms with Crippen molar-refractivity contribution in [1.29, 1.82) is 0 Å². The first-order chi connectivity index (χ1) is 15.1. The van der Waals surface area contributed by atoms with E-state index in [1.165, 1.54) is 18.9 Å². The lowest BCUT2D eigenvalue weighted by Gasteiger charge is -2.38. The summed E-state index contributed by atoms with van der Waals surface area (Å²) in [5.74, 6) is -0.474. The van der Waals surface area contributed by atoms with Crippen molar-refractivity contribution in [3.05, 3.63) is 62.6 Å². The topological polar surface area (TPSA) is 101 Å². The maximum Gasteiger partial charge on any atom is 0.337 e. The van der Waals surface area contributed by atoms with Crippen LogP contribution in [-0.2, 0) is 9.53 Å². The molecular formula is C24H27N3O4S. The van der Waals surface area contributed by atoms with Crippen LogP contribution in [-0.4, -0.2) is 34.1 Å². The van der Waals surface area contributed by atoms with Crippen LogP contribution < -0.4 is 10.9 Å². The summed E-state index contributed by atoms with van der Waals surface area (Å²) in [4.78, 5) is 45.9. The van der Waals surface area contributed by atoms with Crippen molar-refractivity contribution in [2.45, 2.75) is 56.9 Å². The Morgan fingerprint density at radius 1 is 1.19 bits per heavy atom. The fourth-order valence-corrected chi connectivity index (χ4v) is 5.18. The molecule has 8 heteroatoms. The molecule has 1 aromatic carbocycles. The molecule has 1 aromatic heterocycles. The highest BCUT2D eigenvalue weighted by molar-refractivity contribution is 7.99. The number of benzene rings is 1. The number of aromatic nitrogens is 2. The average Bonchev–Trinajstić information content (AvgIpc) is 2.70. The molecule has 4 rings (SSSR count). The van der Waals surface area contributed by atoms with Gasteiger partial charge in [-0.3, -0.25) is 9.59 Å². The van der Waals surface area contributed by atoms with Gasteiger partial charge < -0.3 is 15.0 Å². The minimum absolute atomic E-state index is 0.0245. The summed E-state index contributed by atoms with van der Waals surface area (Å²) >= 11 is 1.48. The maximum atomic E-state index is 13.3. The molecule has 0 saturated carbocycles. The Labute approximate surface area is 191 Å². The van der Waals surface area contributed by atoms with Gasteiger partial charge in [0.25, 0.3) is 5.56 Å². The largest absolute Gasteiger partial charge is 0.465 e. The number of fused-ring (bicyclic) bond motifs is 1. The number of rotatable bonds is 4. The van der Waals surface area contributed by atoms with E-state index in [1.807, 2.05) is 13.8 Å². The smallest absolute Gasteiger partial charge is 0.337 e. The lowest BCUT2D eigenvalue weighted by Crippen LogP contribution is -2.37. The summed E-state index contributed by atoms with van der Waals surface area (Å²) in [5, 5.41) is 4.12. The third-order valence-electron chi connectivity index (χ3n) is 5.71. The van der Waals surface area contributed by atoms with Gasteiger partial charge in [0.1, 0.15) is 5.82 Å². The number of aromatic amines is 1. The van der Waals surface area contributed by atoms with E-state index >= 15 is 0 Å². The fourth-order valence-electron chi connectivity index (χ4n) is 4.44. The van der Waals surface area contributed by atoms with Gasteiger partial charge in [-0.15, -0.1) is 0 Å². The molecule has 2 N–H and O–H groups in total. The van der Waals surface area contributed by atoms with Crippen LogP contribution in [0.25, 0.3) is 0 Å². The molecule has 0 unspecified atom stereocenters. The van der Waals surface area contributed by atoms with Gasteiger partial charge >= 0.3 is 5.97 Å². The van der Waals surface area contributed by atoms with Crippen molar-refractivity contribution in [3.8, 4) is 0 Å². The number of ether oxygens (including phenoxy) is 1. The Bertz CT molecular complexity index is 1180. The molecule has 0 radical (unpaired) electrons. The highest BCUT2D eigenvalue weighted by atomic mass is 32.2. The van der Waals surface area contributed by atoms with Crippen LogP contribution in [0.2, 0.25) is 0 Å². The normalized spacial score (nSPS) is 19.3. The van der Waals surface area contributed by atoms with Gasteiger partial charge in [-0.25, -0.2) is 9.78 Å². The second-order valence-corrected chi connectivity index (χ2v) is 10.9. The molecule has 2 aliphatic rings. The zero-order valence-corrected chi connectivity index (χ0v) is 19.7. The van der Waals surface area contributed by atoms with E-state index in [9.17, 15) is 14.4 Å². The highest BCUT2D eigenvalue weighted by Gasteiger charge is 2.42. The minimum atomic E-state index is -0.550. The standard InChI is InChI=1S/C24H27N3O4S/c1-12(2)32-23-26-20-19(21(29)27-23)17(13-6-8-14(9-7-13)22(30)31-5)18-15(25-20)10-24(3,4)11-16(18)28/h6-9,12,17H,10-11H2,1-5H3,(H2,25,26,27,29)/t17-/m1/s1. The summed E-state index contributed by atoms with van der Waals surface area (Å²) in [6.07, 6.45) is 1.09. The summed E-state index contributed by atoms with van der Waals surface area (Å²) in [6, 6.07) is 6.87. The fraction of sp³-hybridized carbons (Fsp3) is 0.417. The van der Waals surface area contributed by atoms with Gasteiger partial charge in [-0.05, 0) is 29.5 Å². The SMILES string of the molecule is COC(=O)c1ccc([C@@H]2C3=C(CC(C)(C)CC3=O)Nc3nc(SC(C)C)[nH]c(=O)c32)cc1. The van der Waals surface area contributed by atoms with Crippen LogP contribution in [0.4, 0.5) is 5.82 Å². The number of H-pyrrole nitrogens is 1. The van der Waals surface area contributed by atoms with Crippen molar-refractivity contribution in [1.82, 2.24) is 9.97 Å². The number of allylic oxidation sites excluding steroid dienone is 2. The van der Waals surface area contributed by atoms with E-state index in [-0.39, 0.29) is 22.0 Å². The van der Waals surface area contributed by atoms with E-state index in [1.54, 1.807) is 24.3 Å². The molecule has 2 aromatic rings. The summed E-state index contributed by atoms with van der Waals surface area (Å²) < 4.78 is 4.79. The molecule has 168 valence electrons. The van der Waals surface area contributed by atoms with Gasteiger partial charge in [0.05, 0.1) is 18.2 Å². The Kier molecular flexibility index (Phi) is 5.75. The first-order valence-corrected chi connectivity index (χ1v) is 11.5. The molecular weight excluding hydrogens is 426 g/mol. The molecule has 1 atom stereocenters. The number of nitrogens with zero attached hydrogens (tertiary/aromatic N) is 1. The first kappa shape index (κ1) is 22.3. The van der Waals surface area contributed by atoms with Gasteiger partial charge in [0, 0.05) is 28.9 Å². The number of nitrogens with one attached hydrogen (secondary N) is 2. The van der Waals surface area contributed by atoms with Crippen molar-refractivity contribution >= 4 is 29.3 Å². The number of anilines is 1. The predicted octanol–water partition coefficient (Wildman–Crippen LogP) is 4.26. The van der Waals surface area contributed by atoms with Crippen LogP contribution in [0, 0.1) is 5.41 Å². The molecule has 0 amide bonds. The molecule has 1 aliphatic carbocycles. The van der Waals surface area contributed by atoms with E-state index in [2.05, 4.69) is 29.1 Å². The number of methoxy groups -OCH3 is 1. The Balaban J connectivity index is 1.89. The van der Waals surface area contributed by atoms with Gasteiger partial charge in [0.15, 0.2) is 10.9 Å². The predicted molar refractivity (Wildman–Crippen MR) is 124 cm³/mol. The van der Waals surface area contributed by atoms with Gasteiger partial charge in [0.2, 0.25) is 0 Å². The molecule has 0 spiro atoms. The third kappa shape index (κ3) is 4.11. The molecule has 32 heavy (non-hydrogen) atoms. The summed E-state index contributed by atoms with van der Waals surface area (Å²) in [5.41, 5.74) is 2.58.